The van der Waals surface area contributed by atoms with Gasteiger partial charge >= 0.3 is 5.97 Å². The number of anilines is 1. The Labute approximate surface area is 124 Å². The number of carbonyl (C=O) groups excluding carboxylic acids is 1. The summed E-state index contributed by atoms with van der Waals surface area (Å²) in [5.74, 6) is 0.319. The molecule has 3 heterocycles. The molecular weight excluding hydrogens is 270 g/mol. The fourth-order valence-electron chi connectivity index (χ4n) is 3.00. The zero-order valence-corrected chi connectivity index (χ0v) is 12.2. The number of nitrogens with zero attached hydrogens (tertiary/aromatic N) is 2. The monoisotopic (exact) mass is 291 g/mol. The Kier molecular flexibility index (Phi) is 4.36. The molecule has 2 aliphatic rings. The van der Waals surface area contributed by atoms with Gasteiger partial charge in [0.15, 0.2) is 0 Å². The van der Waals surface area contributed by atoms with Gasteiger partial charge in [-0.2, -0.15) is 0 Å². The maximum atomic E-state index is 11.5. The van der Waals surface area contributed by atoms with E-state index in [2.05, 4.69) is 15.2 Å². The summed E-state index contributed by atoms with van der Waals surface area (Å²) in [7, 11) is 1.37. The number of ether oxygens (including phenoxy) is 2. The number of morpholine rings is 1. The van der Waals surface area contributed by atoms with Gasteiger partial charge in [0.25, 0.3) is 0 Å². The van der Waals surface area contributed by atoms with E-state index in [0.29, 0.717) is 24.0 Å². The summed E-state index contributed by atoms with van der Waals surface area (Å²) in [5, 5.41) is 3.24. The summed E-state index contributed by atoms with van der Waals surface area (Å²) >= 11 is 0. The second-order valence-electron chi connectivity index (χ2n) is 5.55. The molecule has 0 radical (unpaired) electrons. The molecule has 3 rings (SSSR count). The first kappa shape index (κ1) is 14.3. The molecule has 1 N–H and O–H groups in total. The summed E-state index contributed by atoms with van der Waals surface area (Å²) in [6.07, 6.45) is 4.30. The van der Waals surface area contributed by atoms with Gasteiger partial charge in [0, 0.05) is 25.3 Å². The van der Waals surface area contributed by atoms with Crippen LogP contribution in [0.1, 0.15) is 23.2 Å². The molecule has 1 aromatic rings. The summed E-state index contributed by atoms with van der Waals surface area (Å²) in [6, 6.07) is 3.96. The number of pyridine rings is 1. The van der Waals surface area contributed by atoms with Crippen molar-refractivity contribution in [3.8, 4) is 0 Å². The molecule has 0 saturated carbocycles. The molecule has 0 aliphatic carbocycles. The van der Waals surface area contributed by atoms with Gasteiger partial charge in [-0.25, -0.2) is 9.78 Å². The van der Waals surface area contributed by atoms with E-state index in [4.69, 9.17) is 9.47 Å². The van der Waals surface area contributed by atoms with E-state index in [1.165, 1.54) is 26.5 Å². The SMILES string of the molecule is COC(=O)c1ccnc(NCC2CN3CCCC3CO2)c1. The lowest BCUT2D eigenvalue weighted by molar-refractivity contribution is -0.0416. The number of fused-ring (bicyclic) bond motifs is 1. The first-order chi connectivity index (χ1) is 10.3. The molecule has 2 fully saturated rings. The zero-order chi connectivity index (χ0) is 14.7. The third-order valence-electron chi connectivity index (χ3n) is 4.15. The van der Waals surface area contributed by atoms with E-state index in [0.717, 1.165) is 13.2 Å². The highest BCUT2D eigenvalue weighted by atomic mass is 16.5. The van der Waals surface area contributed by atoms with Gasteiger partial charge in [-0.05, 0) is 31.5 Å². The van der Waals surface area contributed by atoms with Crippen molar-refractivity contribution in [2.75, 3.05) is 38.7 Å². The number of carbonyl (C=O) groups is 1. The van der Waals surface area contributed by atoms with Crippen molar-refractivity contribution in [3.63, 3.8) is 0 Å². The van der Waals surface area contributed by atoms with Crippen molar-refractivity contribution in [2.24, 2.45) is 0 Å². The van der Waals surface area contributed by atoms with Crippen LogP contribution in [0.25, 0.3) is 0 Å². The minimum absolute atomic E-state index is 0.169. The van der Waals surface area contributed by atoms with Crippen molar-refractivity contribution >= 4 is 11.8 Å². The molecule has 0 aromatic carbocycles. The molecule has 1 aromatic heterocycles. The number of rotatable bonds is 4. The van der Waals surface area contributed by atoms with Crippen molar-refractivity contribution in [1.82, 2.24) is 9.88 Å². The van der Waals surface area contributed by atoms with Gasteiger partial charge in [0.05, 0.1) is 25.4 Å². The van der Waals surface area contributed by atoms with Gasteiger partial charge in [-0.3, -0.25) is 4.90 Å². The summed E-state index contributed by atoms with van der Waals surface area (Å²) in [5.41, 5.74) is 0.499. The Bertz CT molecular complexity index is 509. The molecule has 0 spiro atoms. The maximum absolute atomic E-state index is 11.5. The van der Waals surface area contributed by atoms with E-state index in [1.807, 2.05) is 0 Å². The number of aromatic nitrogens is 1. The number of hydrogen-bond acceptors (Lipinski definition) is 6. The van der Waals surface area contributed by atoms with Gasteiger partial charge in [-0.15, -0.1) is 0 Å². The maximum Gasteiger partial charge on any atom is 0.338 e. The van der Waals surface area contributed by atoms with E-state index in [-0.39, 0.29) is 12.1 Å². The largest absolute Gasteiger partial charge is 0.465 e. The highest BCUT2D eigenvalue weighted by Gasteiger charge is 2.31. The fourth-order valence-corrected chi connectivity index (χ4v) is 3.00. The van der Waals surface area contributed by atoms with Crippen LogP contribution in [0.4, 0.5) is 5.82 Å². The highest BCUT2D eigenvalue weighted by molar-refractivity contribution is 5.89. The molecule has 2 unspecified atom stereocenters. The molecule has 2 aliphatic heterocycles. The first-order valence-corrected chi connectivity index (χ1v) is 7.40. The lowest BCUT2D eigenvalue weighted by atomic mass is 10.2. The predicted molar refractivity (Wildman–Crippen MR) is 78.4 cm³/mol. The van der Waals surface area contributed by atoms with Crippen LogP contribution in [0.3, 0.4) is 0 Å². The molecule has 2 saturated heterocycles. The molecule has 0 bridgehead atoms. The van der Waals surface area contributed by atoms with Gasteiger partial charge in [0.1, 0.15) is 5.82 Å². The number of methoxy groups -OCH3 is 1. The van der Waals surface area contributed by atoms with Crippen molar-refractivity contribution in [3.05, 3.63) is 23.9 Å². The summed E-state index contributed by atoms with van der Waals surface area (Å²) < 4.78 is 10.6. The Balaban J connectivity index is 1.54. The van der Waals surface area contributed by atoms with Gasteiger partial charge in [-0.1, -0.05) is 0 Å². The Hall–Kier alpha value is -1.66. The first-order valence-electron chi connectivity index (χ1n) is 7.40. The van der Waals surface area contributed by atoms with Crippen LogP contribution >= 0.6 is 0 Å². The van der Waals surface area contributed by atoms with Crippen LogP contribution in [-0.4, -0.2) is 61.3 Å². The second kappa shape index (κ2) is 6.41. The van der Waals surface area contributed by atoms with E-state index >= 15 is 0 Å². The quantitative estimate of drug-likeness (QED) is 0.839. The van der Waals surface area contributed by atoms with Gasteiger partial charge < -0.3 is 14.8 Å². The summed E-state index contributed by atoms with van der Waals surface area (Å²) in [6.45, 7) is 3.66. The second-order valence-corrected chi connectivity index (χ2v) is 5.55. The topological polar surface area (TPSA) is 63.7 Å². The molecular formula is C15H21N3O3. The van der Waals surface area contributed by atoms with E-state index < -0.39 is 0 Å². The van der Waals surface area contributed by atoms with Crippen LogP contribution in [0.2, 0.25) is 0 Å². The molecule has 6 heteroatoms. The van der Waals surface area contributed by atoms with Crippen LogP contribution in [-0.2, 0) is 9.47 Å². The minimum Gasteiger partial charge on any atom is -0.465 e. The average Bonchev–Trinajstić information content (AvgIpc) is 3.00. The van der Waals surface area contributed by atoms with Crippen LogP contribution in [0.5, 0.6) is 0 Å². The zero-order valence-electron chi connectivity index (χ0n) is 12.2. The third-order valence-corrected chi connectivity index (χ3v) is 4.15. The van der Waals surface area contributed by atoms with Crippen molar-refractivity contribution < 1.29 is 14.3 Å². The molecule has 21 heavy (non-hydrogen) atoms. The van der Waals surface area contributed by atoms with Crippen LogP contribution < -0.4 is 5.32 Å². The van der Waals surface area contributed by atoms with Crippen molar-refractivity contribution in [1.29, 1.82) is 0 Å². The lowest BCUT2D eigenvalue weighted by Gasteiger charge is -2.35. The lowest BCUT2D eigenvalue weighted by Crippen LogP contribution is -2.48. The smallest absolute Gasteiger partial charge is 0.338 e. The molecule has 114 valence electrons. The van der Waals surface area contributed by atoms with E-state index in [1.54, 1.807) is 18.3 Å². The van der Waals surface area contributed by atoms with E-state index in [9.17, 15) is 4.79 Å². The number of hydrogen-bond donors (Lipinski definition) is 1. The molecule has 6 nitrogen and oxygen atoms in total. The van der Waals surface area contributed by atoms with Crippen LogP contribution in [0, 0.1) is 0 Å². The Morgan fingerprint density at radius 3 is 3.38 bits per heavy atom. The third kappa shape index (κ3) is 3.33. The summed E-state index contributed by atoms with van der Waals surface area (Å²) in [4.78, 5) is 18.2. The number of nitrogens with one attached hydrogen (secondary N) is 1. The Morgan fingerprint density at radius 1 is 1.62 bits per heavy atom. The number of esters is 1. The van der Waals surface area contributed by atoms with Crippen LogP contribution in [0.15, 0.2) is 18.3 Å². The predicted octanol–water partition coefficient (Wildman–Crippen LogP) is 1.14. The van der Waals surface area contributed by atoms with Crippen molar-refractivity contribution in [2.45, 2.75) is 25.0 Å². The standard InChI is InChI=1S/C15H21N3O3/c1-20-15(19)11-4-5-16-14(7-11)17-8-13-9-18-6-2-3-12(18)10-21-13/h4-5,7,12-13H,2-3,6,8-10H2,1H3,(H,16,17). The highest BCUT2D eigenvalue weighted by Crippen LogP contribution is 2.22. The fraction of sp³-hybridized carbons (Fsp3) is 0.600. The van der Waals surface area contributed by atoms with Gasteiger partial charge in [0.2, 0.25) is 0 Å². The minimum atomic E-state index is -0.353. The average molecular weight is 291 g/mol. The normalized spacial score (nSPS) is 25.4. The Morgan fingerprint density at radius 2 is 2.52 bits per heavy atom. The molecule has 0 amide bonds. The molecule has 2 atom stereocenters.